The zero-order chi connectivity index (χ0) is 14.3. The molecule has 0 radical (unpaired) electrons. The van der Waals surface area contributed by atoms with Gasteiger partial charge in [-0.1, -0.05) is 29.8 Å². The molecule has 0 aromatic heterocycles. The minimum absolute atomic E-state index is 0.241. The first-order chi connectivity index (χ1) is 9.05. The molecule has 0 aliphatic carbocycles. The normalized spacial score (nSPS) is 11.4. The molecule has 0 heterocycles. The van der Waals surface area contributed by atoms with Crippen LogP contribution in [-0.2, 0) is 11.2 Å². The van der Waals surface area contributed by atoms with E-state index in [4.69, 9.17) is 15.3 Å². The van der Waals surface area contributed by atoms with Crippen LogP contribution in [-0.4, -0.2) is 46.6 Å². The number of aliphatic hydroxyl groups is 3. The van der Waals surface area contributed by atoms with Gasteiger partial charge in [0.2, 0.25) is 5.91 Å². The molecule has 19 heavy (non-hydrogen) atoms. The SMILES string of the molecule is Cc1ccc(CCC(=O)NC(CO)(CO)CO)cc1. The van der Waals surface area contributed by atoms with Gasteiger partial charge >= 0.3 is 0 Å². The summed E-state index contributed by atoms with van der Waals surface area (Å²) in [6.07, 6.45) is 0.815. The molecule has 0 fully saturated rings. The predicted octanol–water partition coefficient (Wildman–Crippen LogP) is -0.240. The maximum absolute atomic E-state index is 11.7. The standard InChI is InChI=1S/C14H21NO4/c1-11-2-4-12(5-3-11)6-7-13(19)15-14(8-16,9-17)10-18/h2-5,16-18H,6-10H2,1H3,(H,15,19). The van der Waals surface area contributed by atoms with E-state index in [1.807, 2.05) is 31.2 Å². The highest BCUT2D eigenvalue weighted by atomic mass is 16.3. The molecule has 0 saturated heterocycles. The summed E-state index contributed by atoms with van der Waals surface area (Å²) in [5.74, 6) is -0.308. The highest BCUT2D eigenvalue weighted by molar-refractivity contribution is 5.77. The Labute approximate surface area is 112 Å². The van der Waals surface area contributed by atoms with Crippen molar-refractivity contribution in [2.75, 3.05) is 19.8 Å². The van der Waals surface area contributed by atoms with E-state index in [1.54, 1.807) is 0 Å². The molecule has 4 N–H and O–H groups in total. The summed E-state index contributed by atoms with van der Waals surface area (Å²) in [5.41, 5.74) is 0.862. The van der Waals surface area contributed by atoms with E-state index < -0.39 is 25.4 Å². The number of hydrogen-bond donors (Lipinski definition) is 4. The molecule has 0 bridgehead atoms. The molecule has 1 aromatic rings. The van der Waals surface area contributed by atoms with Crippen molar-refractivity contribution in [2.24, 2.45) is 0 Å². The molecule has 0 spiro atoms. The average molecular weight is 267 g/mol. The van der Waals surface area contributed by atoms with Gasteiger partial charge in [-0.25, -0.2) is 0 Å². The average Bonchev–Trinajstić information content (AvgIpc) is 2.44. The molecule has 1 amide bonds. The molecule has 5 heteroatoms. The van der Waals surface area contributed by atoms with Crippen LogP contribution in [0.2, 0.25) is 0 Å². The summed E-state index contributed by atoms with van der Waals surface area (Å²) < 4.78 is 0. The summed E-state index contributed by atoms with van der Waals surface area (Å²) in [5, 5.41) is 29.8. The number of rotatable bonds is 7. The maximum Gasteiger partial charge on any atom is 0.220 e. The molecule has 0 unspecified atom stereocenters. The lowest BCUT2D eigenvalue weighted by Crippen LogP contribution is -2.57. The third kappa shape index (κ3) is 4.63. The monoisotopic (exact) mass is 267 g/mol. The Bertz CT molecular complexity index is 390. The Morgan fingerprint density at radius 1 is 1.11 bits per heavy atom. The third-order valence-electron chi connectivity index (χ3n) is 3.07. The topological polar surface area (TPSA) is 89.8 Å². The van der Waals surface area contributed by atoms with Crippen LogP contribution in [0.4, 0.5) is 0 Å². The van der Waals surface area contributed by atoms with Gasteiger partial charge in [-0.3, -0.25) is 4.79 Å². The second-order valence-electron chi connectivity index (χ2n) is 4.79. The van der Waals surface area contributed by atoms with Crippen molar-refractivity contribution in [3.8, 4) is 0 Å². The van der Waals surface area contributed by atoms with Crippen LogP contribution >= 0.6 is 0 Å². The van der Waals surface area contributed by atoms with Gasteiger partial charge in [0.15, 0.2) is 0 Å². The number of nitrogens with one attached hydrogen (secondary N) is 1. The smallest absolute Gasteiger partial charge is 0.220 e. The maximum atomic E-state index is 11.7. The number of amides is 1. The van der Waals surface area contributed by atoms with Crippen LogP contribution in [0.3, 0.4) is 0 Å². The Morgan fingerprint density at radius 2 is 1.63 bits per heavy atom. The summed E-state index contributed by atoms with van der Waals surface area (Å²) in [4.78, 5) is 11.7. The zero-order valence-electron chi connectivity index (χ0n) is 11.1. The Hall–Kier alpha value is -1.43. The number of aliphatic hydroxyl groups excluding tert-OH is 3. The van der Waals surface area contributed by atoms with Crippen molar-refractivity contribution in [3.05, 3.63) is 35.4 Å². The number of aryl methyl sites for hydroxylation is 2. The van der Waals surface area contributed by atoms with Gasteiger partial charge in [0, 0.05) is 6.42 Å². The van der Waals surface area contributed by atoms with E-state index in [-0.39, 0.29) is 12.3 Å². The second kappa shape index (κ2) is 7.23. The van der Waals surface area contributed by atoms with E-state index in [0.717, 1.165) is 11.1 Å². The molecular formula is C14H21NO4. The quantitative estimate of drug-likeness (QED) is 0.549. The van der Waals surface area contributed by atoms with Gasteiger partial charge in [-0.05, 0) is 18.9 Å². The van der Waals surface area contributed by atoms with Crippen LogP contribution < -0.4 is 5.32 Å². The fraction of sp³-hybridized carbons (Fsp3) is 0.500. The molecule has 1 aromatic carbocycles. The Kier molecular flexibility index (Phi) is 5.95. The van der Waals surface area contributed by atoms with Gasteiger partial charge in [0.25, 0.3) is 0 Å². The van der Waals surface area contributed by atoms with E-state index in [2.05, 4.69) is 5.32 Å². The van der Waals surface area contributed by atoms with Crippen LogP contribution in [0.1, 0.15) is 17.5 Å². The summed E-state index contributed by atoms with van der Waals surface area (Å²) in [6, 6.07) is 7.87. The molecule has 0 aliphatic heterocycles. The van der Waals surface area contributed by atoms with E-state index in [1.165, 1.54) is 0 Å². The van der Waals surface area contributed by atoms with Crippen molar-refractivity contribution >= 4 is 5.91 Å². The van der Waals surface area contributed by atoms with Crippen molar-refractivity contribution in [1.82, 2.24) is 5.32 Å². The summed E-state index contributed by atoms with van der Waals surface area (Å²) in [7, 11) is 0. The number of carbonyl (C=O) groups excluding carboxylic acids is 1. The fourth-order valence-corrected chi connectivity index (χ4v) is 1.64. The molecular weight excluding hydrogens is 246 g/mol. The highest BCUT2D eigenvalue weighted by Crippen LogP contribution is 2.07. The third-order valence-corrected chi connectivity index (χ3v) is 3.07. The van der Waals surface area contributed by atoms with Crippen molar-refractivity contribution in [3.63, 3.8) is 0 Å². The van der Waals surface area contributed by atoms with Gasteiger partial charge in [0.1, 0.15) is 5.54 Å². The summed E-state index contributed by atoms with van der Waals surface area (Å²) in [6.45, 7) is 0.484. The molecule has 106 valence electrons. The minimum atomic E-state index is -1.34. The first-order valence-electron chi connectivity index (χ1n) is 6.24. The Balaban J connectivity index is 2.49. The van der Waals surface area contributed by atoms with Crippen LogP contribution in [0, 0.1) is 6.92 Å². The lowest BCUT2D eigenvalue weighted by Gasteiger charge is -2.28. The number of hydrogen-bond acceptors (Lipinski definition) is 4. The Morgan fingerprint density at radius 3 is 2.11 bits per heavy atom. The second-order valence-corrected chi connectivity index (χ2v) is 4.79. The highest BCUT2D eigenvalue weighted by Gasteiger charge is 2.29. The van der Waals surface area contributed by atoms with E-state index in [0.29, 0.717) is 6.42 Å². The molecule has 1 rings (SSSR count). The predicted molar refractivity (Wildman–Crippen MR) is 71.6 cm³/mol. The number of benzene rings is 1. The minimum Gasteiger partial charge on any atom is -0.394 e. The van der Waals surface area contributed by atoms with Crippen LogP contribution in [0.5, 0.6) is 0 Å². The molecule has 5 nitrogen and oxygen atoms in total. The lowest BCUT2D eigenvalue weighted by molar-refractivity contribution is -0.125. The largest absolute Gasteiger partial charge is 0.394 e. The summed E-state index contributed by atoms with van der Waals surface area (Å²) >= 11 is 0. The van der Waals surface area contributed by atoms with Gasteiger partial charge in [-0.2, -0.15) is 0 Å². The van der Waals surface area contributed by atoms with E-state index >= 15 is 0 Å². The van der Waals surface area contributed by atoms with Crippen molar-refractivity contribution < 1.29 is 20.1 Å². The van der Waals surface area contributed by atoms with Crippen molar-refractivity contribution in [2.45, 2.75) is 25.3 Å². The van der Waals surface area contributed by atoms with Crippen LogP contribution in [0.15, 0.2) is 24.3 Å². The van der Waals surface area contributed by atoms with Gasteiger partial charge in [0.05, 0.1) is 19.8 Å². The lowest BCUT2D eigenvalue weighted by atomic mass is 10.0. The van der Waals surface area contributed by atoms with Crippen LogP contribution in [0.25, 0.3) is 0 Å². The zero-order valence-corrected chi connectivity index (χ0v) is 11.1. The van der Waals surface area contributed by atoms with Gasteiger partial charge in [-0.15, -0.1) is 0 Å². The number of carbonyl (C=O) groups is 1. The van der Waals surface area contributed by atoms with Gasteiger partial charge < -0.3 is 20.6 Å². The fourth-order valence-electron chi connectivity index (χ4n) is 1.64. The first kappa shape index (κ1) is 15.6. The van der Waals surface area contributed by atoms with E-state index in [9.17, 15) is 4.79 Å². The first-order valence-corrected chi connectivity index (χ1v) is 6.24. The van der Waals surface area contributed by atoms with Crippen molar-refractivity contribution in [1.29, 1.82) is 0 Å². The molecule has 0 atom stereocenters. The molecule has 0 saturated carbocycles. The molecule has 0 aliphatic rings.